The van der Waals surface area contributed by atoms with Crippen LogP contribution in [0.1, 0.15) is 17.2 Å². The van der Waals surface area contributed by atoms with Crippen LogP contribution in [0.25, 0.3) is 0 Å². The second-order valence-corrected chi connectivity index (χ2v) is 5.17. The Hall–Kier alpha value is -0.900. The summed E-state index contributed by atoms with van der Waals surface area (Å²) in [7, 11) is 0. The van der Waals surface area contributed by atoms with Gasteiger partial charge < -0.3 is 5.73 Å². The van der Waals surface area contributed by atoms with E-state index in [1.54, 1.807) is 6.20 Å². The molecule has 0 aliphatic rings. The van der Waals surface area contributed by atoms with E-state index in [4.69, 9.17) is 17.3 Å². The number of nitrogens with zero attached hydrogens (tertiary/aromatic N) is 1. The van der Waals surface area contributed by atoms with E-state index in [1.807, 2.05) is 36.5 Å². The largest absolute Gasteiger partial charge is 0.324 e. The van der Waals surface area contributed by atoms with Crippen LogP contribution >= 0.6 is 27.5 Å². The van der Waals surface area contributed by atoms with Crippen LogP contribution in [-0.4, -0.2) is 4.98 Å². The van der Waals surface area contributed by atoms with Crippen LogP contribution in [0, 0.1) is 0 Å². The summed E-state index contributed by atoms with van der Waals surface area (Å²) >= 11 is 9.51. The molecule has 0 radical (unpaired) electrons. The van der Waals surface area contributed by atoms with Gasteiger partial charge in [-0.15, -0.1) is 0 Å². The number of aromatic nitrogens is 1. The molecule has 2 rings (SSSR count). The molecule has 4 heteroatoms. The summed E-state index contributed by atoms with van der Waals surface area (Å²) < 4.78 is 0.960. The van der Waals surface area contributed by atoms with Crippen LogP contribution < -0.4 is 5.73 Å². The van der Waals surface area contributed by atoms with E-state index in [0.717, 1.165) is 22.0 Å². The number of pyridine rings is 1. The van der Waals surface area contributed by atoms with Crippen molar-refractivity contribution in [2.24, 2.45) is 5.73 Å². The predicted molar refractivity (Wildman–Crippen MR) is 74.0 cm³/mol. The lowest BCUT2D eigenvalue weighted by atomic mass is 10.0. The lowest BCUT2D eigenvalue weighted by molar-refractivity contribution is 0.719. The first-order chi connectivity index (χ1) is 8.16. The zero-order chi connectivity index (χ0) is 12.3. The van der Waals surface area contributed by atoms with Crippen molar-refractivity contribution in [3.63, 3.8) is 0 Å². The molecule has 1 unspecified atom stereocenters. The van der Waals surface area contributed by atoms with Crippen molar-refractivity contribution in [3.05, 3.63) is 63.3 Å². The Kier molecular flexibility index (Phi) is 4.15. The zero-order valence-electron chi connectivity index (χ0n) is 9.11. The van der Waals surface area contributed by atoms with Crippen molar-refractivity contribution < 1.29 is 0 Å². The second-order valence-electron chi connectivity index (χ2n) is 3.84. The number of benzene rings is 1. The van der Waals surface area contributed by atoms with Gasteiger partial charge in [0.05, 0.1) is 0 Å². The van der Waals surface area contributed by atoms with Crippen molar-refractivity contribution in [3.8, 4) is 0 Å². The van der Waals surface area contributed by atoms with Gasteiger partial charge in [0.2, 0.25) is 0 Å². The normalized spacial score (nSPS) is 12.4. The van der Waals surface area contributed by atoms with Crippen LogP contribution in [0.4, 0.5) is 0 Å². The minimum absolute atomic E-state index is 0.111. The molecule has 2 N–H and O–H groups in total. The van der Waals surface area contributed by atoms with Gasteiger partial charge in [-0.1, -0.05) is 29.8 Å². The molecule has 0 bridgehead atoms. The molecule has 2 nitrogen and oxygen atoms in total. The molecular formula is C13H12BrClN2. The average molecular weight is 312 g/mol. The molecule has 0 saturated carbocycles. The maximum atomic E-state index is 6.15. The molecule has 2 aromatic rings. The highest BCUT2D eigenvalue weighted by molar-refractivity contribution is 9.10. The maximum absolute atomic E-state index is 6.15. The summed E-state index contributed by atoms with van der Waals surface area (Å²) in [5.74, 6) is 0. The molecule has 0 aliphatic carbocycles. The van der Waals surface area contributed by atoms with Crippen molar-refractivity contribution in [2.45, 2.75) is 12.5 Å². The second kappa shape index (κ2) is 5.63. The van der Waals surface area contributed by atoms with Crippen LogP contribution in [0.5, 0.6) is 0 Å². The third-order valence-corrected chi connectivity index (χ3v) is 3.30. The van der Waals surface area contributed by atoms with Crippen molar-refractivity contribution in [1.29, 1.82) is 0 Å². The quantitative estimate of drug-likeness (QED) is 0.938. The fourth-order valence-electron chi connectivity index (χ4n) is 1.71. The first-order valence-electron chi connectivity index (χ1n) is 5.26. The summed E-state index contributed by atoms with van der Waals surface area (Å²) in [6.07, 6.45) is 4.29. The summed E-state index contributed by atoms with van der Waals surface area (Å²) in [6.45, 7) is 0. The highest BCUT2D eigenvalue weighted by Gasteiger charge is 2.10. The lowest BCUT2D eigenvalue weighted by Crippen LogP contribution is -2.13. The van der Waals surface area contributed by atoms with E-state index in [2.05, 4.69) is 20.9 Å². The standard InChI is InChI=1S/C13H12BrClN2/c14-10-5-9(7-17-8-10)6-13(16)11-3-1-2-4-12(11)15/h1-5,7-8,13H,6,16H2. The van der Waals surface area contributed by atoms with Crippen molar-refractivity contribution >= 4 is 27.5 Å². The Labute approximate surface area is 114 Å². The monoisotopic (exact) mass is 310 g/mol. The molecule has 1 atom stereocenters. The highest BCUT2D eigenvalue weighted by Crippen LogP contribution is 2.24. The number of hydrogen-bond donors (Lipinski definition) is 1. The van der Waals surface area contributed by atoms with Gasteiger partial charge >= 0.3 is 0 Å². The van der Waals surface area contributed by atoms with Crippen molar-refractivity contribution in [1.82, 2.24) is 4.98 Å². The number of hydrogen-bond acceptors (Lipinski definition) is 2. The minimum atomic E-state index is -0.111. The smallest absolute Gasteiger partial charge is 0.0453 e. The highest BCUT2D eigenvalue weighted by atomic mass is 79.9. The molecule has 0 saturated heterocycles. The van der Waals surface area contributed by atoms with E-state index >= 15 is 0 Å². The van der Waals surface area contributed by atoms with Crippen LogP contribution in [-0.2, 0) is 6.42 Å². The average Bonchev–Trinajstić information content (AvgIpc) is 2.29. The van der Waals surface area contributed by atoms with Gasteiger partial charge in [0, 0.05) is 27.9 Å². The van der Waals surface area contributed by atoms with Gasteiger partial charge in [0.1, 0.15) is 0 Å². The van der Waals surface area contributed by atoms with Gasteiger partial charge in [0.25, 0.3) is 0 Å². The van der Waals surface area contributed by atoms with Crippen LogP contribution in [0.3, 0.4) is 0 Å². The fraction of sp³-hybridized carbons (Fsp3) is 0.154. The number of halogens is 2. The molecule has 0 spiro atoms. The topological polar surface area (TPSA) is 38.9 Å². The van der Waals surface area contributed by atoms with E-state index in [0.29, 0.717) is 5.02 Å². The fourth-order valence-corrected chi connectivity index (χ4v) is 2.40. The molecule has 1 aromatic carbocycles. The van der Waals surface area contributed by atoms with Gasteiger partial charge in [-0.2, -0.15) is 0 Å². The lowest BCUT2D eigenvalue weighted by Gasteiger charge is -2.13. The summed E-state index contributed by atoms with van der Waals surface area (Å²) in [4.78, 5) is 4.12. The zero-order valence-corrected chi connectivity index (χ0v) is 11.4. The van der Waals surface area contributed by atoms with E-state index in [9.17, 15) is 0 Å². The van der Waals surface area contributed by atoms with E-state index in [-0.39, 0.29) is 6.04 Å². The first kappa shape index (κ1) is 12.6. The first-order valence-corrected chi connectivity index (χ1v) is 6.43. The number of nitrogens with two attached hydrogens (primary N) is 1. The molecule has 0 fully saturated rings. The summed E-state index contributed by atoms with van der Waals surface area (Å²) in [5, 5.41) is 0.711. The van der Waals surface area contributed by atoms with Crippen LogP contribution in [0.15, 0.2) is 47.2 Å². The molecule has 0 aliphatic heterocycles. The van der Waals surface area contributed by atoms with E-state index in [1.165, 1.54) is 0 Å². The Morgan fingerprint density at radius 1 is 1.29 bits per heavy atom. The minimum Gasteiger partial charge on any atom is -0.324 e. The van der Waals surface area contributed by atoms with Gasteiger partial charge in [-0.25, -0.2) is 0 Å². The molecule has 17 heavy (non-hydrogen) atoms. The number of rotatable bonds is 3. The maximum Gasteiger partial charge on any atom is 0.0453 e. The Morgan fingerprint density at radius 3 is 2.76 bits per heavy atom. The molecule has 1 heterocycles. The van der Waals surface area contributed by atoms with Gasteiger partial charge in [-0.05, 0) is 45.6 Å². The summed E-state index contributed by atoms with van der Waals surface area (Å²) in [5.41, 5.74) is 8.21. The molecule has 0 amide bonds. The Balaban J connectivity index is 2.17. The SMILES string of the molecule is NC(Cc1cncc(Br)c1)c1ccccc1Cl. The van der Waals surface area contributed by atoms with Crippen LogP contribution in [0.2, 0.25) is 5.02 Å². The predicted octanol–water partition coefficient (Wildman–Crippen LogP) is 3.74. The molecule has 88 valence electrons. The van der Waals surface area contributed by atoms with Crippen molar-refractivity contribution in [2.75, 3.05) is 0 Å². The van der Waals surface area contributed by atoms with Gasteiger partial charge in [-0.3, -0.25) is 4.98 Å². The third-order valence-electron chi connectivity index (χ3n) is 2.52. The van der Waals surface area contributed by atoms with Gasteiger partial charge in [0.15, 0.2) is 0 Å². The third kappa shape index (κ3) is 3.28. The Morgan fingerprint density at radius 2 is 2.06 bits per heavy atom. The molecule has 1 aromatic heterocycles. The Bertz CT molecular complexity index is 516. The molecular weight excluding hydrogens is 300 g/mol. The summed E-state index contributed by atoms with van der Waals surface area (Å²) in [6, 6.07) is 9.57. The van der Waals surface area contributed by atoms with E-state index < -0.39 is 0 Å².